The Morgan fingerprint density at radius 1 is 1.05 bits per heavy atom. The predicted octanol–water partition coefficient (Wildman–Crippen LogP) is 5.82. The van der Waals surface area contributed by atoms with Crippen molar-refractivity contribution in [2.75, 3.05) is 5.32 Å². The lowest BCUT2D eigenvalue weighted by molar-refractivity contribution is 0.613. The lowest BCUT2D eigenvalue weighted by atomic mass is 10.0. The van der Waals surface area contributed by atoms with E-state index in [0.717, 1.165) is 22.2 Å². The summed E-state index contributed by atoms with van der Waals surface area (Å²) in [6.45, 7) is 5.04. The molecule has 0 bridgehead atoms. The average Bonchev–Trinajstić information content (AvgIpc) is 2.81. The van der Waals surface area contributed by atoms with E-state index < -0.39 is 0 Å². The van der Waals surface area contributed by atoms with Crippen LogP contribution in [0, 0.1) is 0 Å². The Labute approximate surface area is 129 Å². The summed E-state index contributed by atoms with van der Waals surface area (Å²) in [5.41, 5.74) is 4.29. The van der Waals surface area contributed by atoms with Gasteiger partial charge in [0.15, 0.2) is 5.22 Å². The van der Waals surface area contributed by atoms with Gasteiger partial charge in [-0.2, -0.15) is 0 Å². The van der Waals surface area contributed by atoms with Crippen molar-refractivity contribution >= 4 is 28.3 Å². The second kappa shape index (κ2) is 5.82. The molecule has 0 unspecified atom stereocenters. The van der Waals surface area contributed by atoms with Crippen molar-refractivity contribution < 1.29 is 4.42 Å². The zero-order valence-corrected chi connectivity index (χ0v) is 12.9. The molecule has 0 spiro atoms. The van der Waals surface area contributed by atoms with Crippen molar-refractivity contribution in [3.63, 3.8) is 0 Å². The van der Waals surface area contributed by atoms with E-state index in [1.54, 1.807) is 0 Å². The van der Waals surface area contributed by atoms with Crippen LogP contribution < -0.4 is 5.32 Å². The second-order valence-corrected chi connectivity index (χ2v) is 5.79. The Hall–Kier alpha value is -1.93. The summed E-state index contributed by atoms with van der Waals surface area (Å²) < 4.78 is 5.59. The Balaban J connectivity index is 1.89. The topological polar surface area (TPSA) is 25.2 Å². The van der Waals surface area contributed by atoms with Crippen LogP contribution >= 0.6 is 11.6 Å². The smallest absolute Gasteiger partial charge is 0.199 e. The zero-order valence-electron chi connectivity index (χ0n) is 12.2. The summed E-state index contributed by atoms with van der Waals surface area (Å²) in [6.07, 6.45) is 0. The molecule has 0 fully saturated rings. The van der Waals surface area contributed by atoms with Gasteiger partial charge in [0, 0.05) is 23.2 Å². The highest BCUT2D eigenvalue weighted by Gasteiger charge is 2.12. The van der Waals surface area contributed by atoms with E-state index in [9.17, 15) is 0 Å². The van der Waals surface area contributed by atoms with Crippen molar-refractivity contribution in [2.24, 2.45) is 0 Å². The summed E-state index contributed by atoms with van der Waals surface area (Å²) in [5.74, 6) is 0.477. The van der Waals surface area contributed by atoms with Gasteiger partial charge in [0.2, 0.25) is 0 Å². The van der Waals surface area contributed by atoms with E-state index in [1.807, 2.05) is 30.3 Å². The van der Waals surface area contributed by atoms with Crippen LogP contribution in [0.3, 0.4) is 0 Å². The molecular weight excluding hydrogens is 282 g/mol. The minimum absolute atomic E-state index is 0.464. The molecular formula is C18H18ClNO. The minimum atomic E-state index is 0.464. The Morgan fingerprint density at radius 2 is 1.76 bits per heavy atom. The van der Waals surface area contributed by atoms with Gasteiger partial charge < -0.3 is 9.73 Å². The first-order valence-corrected chi connectivity index (χ1v) is 7.53. The molecule has 2 aromatic carbocycles. The number of benzene rings is 2. The van der Waals surface area contributed by atoms with E-state index in [2.05, 4.69) is 37.4 Å². The molecule has 0 saturated carbocycles. The zero-order chi connectivity index (χ0) is 14.8. The van der Waals surface area contributed by atoms with Gasteiger partial charge >= 0.3 is 0 Å². The summed E-state index contributed by atoms with van der Waals surface area (Å²) in [5, 5.41) is 5.02. The highest BCUT2D eigenvalue weighted by atomic mass is 35.5. The standard InChI is InChI=1S/C18H18ClNO/c1-12(2)13-7-3-5-9-16(13)20-11-15-14-8-4-6-10-17(14)21-18(15)19/h3-10,12,20H,11H2,1-2H3. The number of anilines is 1. The Bertz CT molecular complexity index is 761. The van der Waals surface area contributed by atoms with Gasteiger partial charge in [-0.25, -0.2) is 0 Å². The monoisotopic (exact) mass is 299 g/mol. The van der Waals surface area contributed by atoms with Crippen molar-refractivity contribution in [1.29, 1.82) is 0 Å². The number of rotatable bonds is 4. The normalized spacial score (nSPS) is 11.2. The SMILES string of the molecule is CC(C)c1ccccc1NCc1c(Cl)oc2ccccc12. The molecule has 0 radical (unpaired) electrons. The molecule has 0 aliphatic carbocycles. The fourth-order valence-electron chi connectivity index (χ4n) is 2.58. The van der Waals surface area contributed by atoms with Crippen molar-refractivity contribution in [2.45, 2.75) is 26.3 Å². The number of nitrogens with one attached hydrogen (secondary N) is 1. The quantitative estimate of drug-likeness (QED) is 0.656. The van der Waals surface area contributed by atoms with Crippen molar-refractivity contribution in [1.82, 2.24) is 0 Å². The van der Waals surface area contributed by atoms with Crippen molar-refractivity contribution in [3.05, 3.63) is 64.9 Å². The van der Waals surface area contributed by atoms with Gasteiger partial charge in [-0.1, -0.05) is 50.2 Å². The molecule has 3 aromatic rings. The number of fused-ring (bicyclic) bond motifs is 1. The first-order valence-electron chi connectivity index (χ1n) is 7.15. The van der Waals surface area contributed by atoms with Gasteiger partial charge in [-0.15, -0.1) is 0 Å². The summed E-state index contributed by atoms with van der Waals surface area (Å²) in [6, 6.07) is 16.3. The fourth-order valence-corrected chi connectivity index (χ4v) is 2.83. The van der Waals surface area contributed by atoms with E-state index >= 15 is 0 Å². The third-order valence-electron chi connectivity index (χ3n) is 3.69. The molecule has 108 valence electrons. The van der Waals surface area contributed by atoms with E-state index in [4.69, 9.17) is 16.0 Å². The first kappa shape index (κ1) is 14.0. The molecule has 0 saturated heterocycles. The third-order valence-corrected chi connectivity index (χ3v) is 3.99. The molecule has 21 heavy (non-hydrogen) atoms. The maximum atomic E-state index is 6.23. The molecule has 0 aliphatic heterocycles. The molecule has 1 N–H and O–H groups in total. The second-order valence-electron chi connectivity index (χ2n) is 5.45. The third kappa shape index (κ3) is 2.77. The van der Waals surface area contributed by atoms with E-state index in [1.165, 1.54) is 5.56 Å². The number of halogens is 1. The van der Waals surface area contributed by atoms with Crippen LogP contribution in [0.1, 0.15) is 30.9 Å². The Morgan fingerprint density at radius 3 is 2.57 bits per heavy atom. The Kier molecular flexibility index (Phi) is 3.89. The molecule has 0 aliphatic rings. The largest absolute Gasteiger partial charge is 0.444 e. The summed E-state index contributed by atoms with van der Waals surface area (Å²) in [4.78, 5) is 0. The highest BCUT2D eigenvalue weighted by Crippen LogP contribution is 2.31. The van der Waals surface area contributed by atoms with Crippen LogP contribution in [0.25, 0.3) is 11.0 Å². The number of hydrogen-bond acceptors (Lipinski definition) is 2. The minimum Gasteiger partial charge on any atom is -0.444 e. The summed E-state index contributed by atoms with van der Waals surface area (Å²) >= 11 is 6.23. The van der Waals surface area contributed by atoms with Crippen LogP contribution in [0.15, 0.2) is 52.9 Å². The summed E-state index contributed by atoms with van der Waals surface area (Å²) in [7, 11) is 0. The van der Waals surface area contributed by atoms with Gasteiger partial charge in [-0.05, 0) is 35.2 Å². The van der Waals surface area contributed by atoms with Crippen LogP contribution in [0.4, 0.5) is 5.69 Å². The van der Waals surface area contributed by atoms with Crippen LogP contribution in [-0.2, 0) is 6.54 Å². The van der Waals surface area contributed by atoms with Crippen LogP contribution in [0.2, 0.25) is 5.22 Å². The van der Waals surface area contributed by atoms with E-state index in [-0.39, 0.29) is 0 Å². The van der Waals surface area contributed by atoms with Crippen LogP contribution in [-0.4, -0.2) is 0 Å². The first-order chi connectivity index (χ1) is 10.2. The highest BCUT2D eigenvalue weighted by molar-refractivity contribution is 6.30. The van der Waals surface area contributed by atoms with Gasteiger partial charge in [0.05, 0.1) is 0 Å². The van der Waals surface area contributed by atoms with Gasteiger partial charge in [0.25, 0.3) is 0 Å². The lowest BCUT2D eigenvalue weighted by Crippen LogP contribution is -2.03. The average molecular weight is 300 g/mol. The van der Waals surface area contributed by atoms with Crippen LogP contribution in [0.5, 0.6) is 0 Å². The van der Waals surface area contributed by atoms with Gasteiger partial charge in [0.1, 0.15) is 5.58 Å². The molecule has 0 amide bonds. The van der Waals surface area contributed by atoms with E-state index in [0.29, 0.717) is 17.7 Å². The lowest BCUT2D eigenvalue weighted by Gasteiger charge is -2.14. The molecule has 3 rings (SSSR count). The molecule has 2 nitrogen and oxygen atoms in total. The van der Waals surface area contributed by atoms with Gasteiger partial charge in [-0.3, -0.25) is 0 Å². The predicted molar refractivity (Wildman–Crippen MR) is 89.1 cm³/mol. The number of para-hydroxylation sites is 2. The number of hydrogen-bond donors (Lipinski definition) is 1. The molecule has 0 atom stereocenters. The molecule has 1 heterocycles. The molecule has 1 aromatic heterocycles. The van der Waals surface area contributed by atoms with Crippen molar-refractivity contribution in [3.8, 4) is 0 Å². The maximum absolute atomic E-state index is 6.23. The number of furan rings is 1. The molecule has 3 heteroatoms. The maximum Gasteiger partial charge on any atom is 0.199 e. The fraction of sp³-hybridized carbons (Fsp3) is 0.222.